The summed E-state index contributed by atoms with van der Waals surface area (Å²) in [7, 11) is 0. The van der Waals surface area contributed by atoms with Gasteiger partial charge >= 0.3 is 0 Å². The van der Waals surface area contributed by atoms with E-state index in [0.717, 1.165) is 19.4 Å². The molecule has 1 aromatic heterocycles. The molecule has 1 aromatic rings. The first-order valence-electron chi connectivity index (χ1n) is 5.62. The van der Waals surface area contributed by atoms with Gasteiger partial charge in [0.15, 0.2) is 0 Å². The van der Waals surface area contributed by atoms with Crippen molar-refractivity contribution in [1.29, 1.82) is 0 Å². The maximum atomic E-state index is 6.07. The van der Waals surface area contributed by atoms with Gasteiger partial charge in [-0.05, 0) is 38.8 Å². The number of hydrogen-bond donors (Lipinski definition) is 1. The predicted molar refractivity (Wildman–Crippen MR) is 66.5 cm³/mol. The summed E-state index contributed by atoms with van der Waals surface area (Å²) in [5, 5.41) is 0. The van der Waals surface area contributed by atoms with Crippen LogP contribution in [0.25, 0.3) is 0 Å². The van der Waals surface area contributed by atoms with Crippen LogP contribution in [0.15, 0.2) is 12.1 Å². The van der Waals surface area contributed by atoms with Gasteiger partial charge < -0.3 is 10.5 Å². The molecular weight excluding hydrogens is 206 g/mol. The molecule has 2 atom stereocenters. The Hall–Kier alpha value is -0.380. The van der Waals surface area contributed by atoms with Crippen molar-refractivity contribution < 1.29 is 4.74 Å². The average Bonchev–Trinajstić information content (AvgIpc) is 2.66. The van der Waals surface area contributed by atoms with Crippen LogP contribution >= 0.6 is 11.3 Å². The van der Waals surface area contributed by atoms with E-state index in [0.29, 0.717) is 0 Å². The van der Waals surface area contributed by atoms with Crippen LogP contribution in [0.4, 0.5) is 0 Å². The highest BCUT2D eigenvalue weighted by molar-refractivity contribution is 7.11. The summed E-state index contributed by atoms with van der Waals surface area (Å²) in [4.78, 5) is 2.80. The van der Waals surface area contributed by atoms with Gasteiger partial charge in [0.05, 0.1) is 6.10 Å². The van der Waals surface area contributed by atoms with E-state index >= 15 is 0 Å². The summed E-state index contributed by atoms with van der Waals surface area (Å²) in [5.74, 6) is 0. The molecule has 1 heterocycles. The zero-order chi connectivity index (χ0) is 11.3. The summed E-state index contributed by atoms with van der Waals surface area (Å²) in [6.45, 7) is 6.96. The molecule has 0 saturated heterocycles. The Balaban J connectivity index is 2.46. The lowest BCUT2D eigenvalue weighted by atomic mass is 10.1. The molecule has 86 valence electrons. The lowest BCUT2D eigenvalue weighted by Gasteiger charge is -2.18. The molecule has 2 unspecified atom stereocenters. The van der Waals surface area contributed by atoms with Crippen molar-refractivity contribution >= 4 is 11.3 Å². The minimum Gasteiger partial charge on any atom is -0.377 e. The SMILES string of the molecule is CCOC(C)C(N)Cc1ccc(CC)s1. The molecule has 0 saturated carbocycles. The topological polar surface area (TPSA) is 35.2 Å². The van der Waals surface area contributed by atoms with E-state index in [2.05, 4.69) is 19.1 Å². The predicted octanol–water partition coefficient (Wildman–Crippen LogP) is 2.61. The quantitative estimate of drug-likeness (QED) is 0.811. The Labute approximate surface area is 96.4 Å². The molecule has 0 aliphatic rings. The Morgan fingerprint density at radius 2 is 2.00 bits per heavy atom. The van der Waals surface area contributed by atoms with Crippen LogP contribution in [0.3, 0.4) is 0 Å². The van der Waals surface area contributed by atoms with Crippen molar-refractivity contribution in [3.63, 3.8) is 0 Å². The summed E-state index contributed by atoms with van der Waals surface area (Å²) in [5.41, 5.74) is 6.07. The van der Waals surface area contributed by atoms with E-state index in [1.54, 1.807) is 0 Å². The second-order valence-electron chi connectivity index (χ2n) is 3.75. The fraction of sp³-hybridized carbons (Fsp3) is 0.667. The van der Waals surface area contributed by atoms with Gasteiger partial charge in [-0.2, -0.15) is 0 Å². The van der Waals surface area contributed by atoms with Crippen molar-refractivity contribution in [2.45, 2.75) is 45.8 Å². The van der Waals surface area contributed by atoms with Crippen molar-refractivity contribution in [3.05, 3.63) is 21.9 Å². The van der Waals surface area contributed by atoms with E-state index in [9.17, 15) is 0 Å². The Kier molecular flexibility index (Phi) is 5.29. The monoisotopic (exact) mass is 227 g/mol. The second-order valence-corrected chi connectivity index (χ2v) is 5.00. The first kappa shape index (κ1) is 12.7. The summed E-state index contributed by atoms with van der Waals surface area (Å²) >= 11 is 1.86. The average molecular weight is 227 g/mol. The van der Waals surface area contributed by atoms with E-state index in [-0.39, 0.29) is 12.1 Å². The van der Waals surface area contributed by atoms with Crippen LogP contribution in [-0.2, 0) is 17.6 Å². The fourth-order valence-electron chi connectivity index (χ4n) is 1.51. The molecule has 2 nitrogen and oxygen atoms in total. The number of aryl methyl sites for hydroxylation is 1. The summed E-state index contributed by atoms with van der Waals surface area (Å²) in [6, 6.07) is 4.48. The van der Waals surface area contributed by atoms with Gasteiger partial charge in [-0.3, -0.25) is 0 Å². The highest BCUT2D eigenvalue weighted by Gasteiger charge is 2.14. The molecule has 0 bridgehead atoms. The molecule has 0 fully saturated rings. The second kappa shape index (κ2) is 6.26. The van der Waals surface area contributed by atoms with E-state index in [1.165, 1.54) is 9.75 Å². The standard InChI is InChI=1S/C12H21NOS/c1-4-10-6-7-11(15-10)8-12(13)9(3)14-5-2/h6-7,9,12H,4-5,8,13H2,1-3H3. The van der Waals surface area contributed by atoms with Gasteiger partial charge in [-0.1, -0.05) is 6.92 Å². The molecule has 3 heteroatoms. The molecule has 0 amide bonds. The van der Waals surface area contributed by atoms with Crippen molar-refractivity contribution in [2.75, 3.05) is 6.61 Å². The largest absolute Gasteiger partial charge is 0.377 e. The normalized spacial score (nSPS) is 15.2. The number of nitrogens with two attached hydrogens (primary N) is 1. The molecule has 1 rings (SSSR count). The Bertz CT molecular complexity index is 285. The Morgan fingerprint density at radius 3 is 2.53 bits per heavy atom. The van der Waals surface area contributed by atoms with E-state index in [4.69, 9.17) is 10.5 Å². The molecule has 2 N–H and O–H groups in total. The number of rotatable bonds is 6. The fourth-order valence-corrected chi connectivity index (χ4v) is 2.54. The highest BCUT2D eigenvalue weighted by atomic mass is 32.1. The van der Waals surface area contributed by atoms with Gasteiger partial charge in [-0.25, -0.2) is 0 Å². The minimum absolute atomic E-state index is 0.105. The lowest BCUT2D eigenvalue weighted by Crippen LogP contribution is -2.36. The molecule has 0 aliphatic carbocycles. The third-order valence-electron chi connectivity index (χ3n) is 2.54. The first-order chi connectivity index (χ1) is 7.17. The third-order valence-corrected chi connectivity index (χ3v) is 3.79. The van der Waals surface area contributed by atoms with Crippen LogP contribution in [-0.4, -0.2) is 18.8 Å². The highest BCUT2D eigenvalue weighted by Crippen LogP contribution is 2.19. The maximum absolute atomic E-state index is 6.07. The zero-order valence-electron chi connectivity index (χ0n) is 9.82. The van der Waals surface area contributed by atoms with Crippen LogP contribution in [0.2, 0.25) is 0 Å². The van der Waals surface area contributed by atoms with Gasteiger partial charge in [-0.15, -0.1) is 11.3 Å². The van der Waals surface area contributed by atoms with Crippen molar-refractivity contribution in [2.24, 2.45) is 5.73 Å². The molecule has 15 heavy (non-hydrogen) atoms. The third kappa shape index (κ3) is 3.93. The van der Waals surface area contributed by atoms with E-state index < -0.39 is 0 Å². The summed E-state index contributed by atoms with van der Waals surface area (Å²) in [6.07, 6.45) is 2.18. The molecular formula is C12H21NOS. The first-order valence-corrected chi connectivity index (χ1v) is 6.43. The van der Waals surface area contributed by atoms with Crippen LogP contribution in [0.1, 0.15) is 30.5 Å². The van der Waals surface area contributed by atoms with E-state index in [1.807, 2.05) is 25.2 Å². The zero-order valence-corrected chi connectivity index (χ0v) is 10.6. The van der Waals surface area contributed by atoms with Gasteiger partial charge in [0, 0.05) is 22.4 Å². The number of ether oxygens (including phenoxy) is 1. The maximum Gasteiger partial charge on any atom is 0.0701 e. The van der Waals surface area contributed by atoms with Crippen LogP contribution in [0, 0.1) is 0 Å². The minimum atomic E-state index is 0.105. The van der Waals surface area contributed by atoms with Crippen molar-refractivity contribution in [1.82, 2.24) is 0 Å². The Morgan fingerprint density at radius 1 is 1.33 bits per heavy atom. The molecule has 0 aliphatic heterocycles. The van der Waals surface area contributed by atoms with Crippen LogP contribution in [0.5, 0.6) is 0 Å². The molecule has 0 aromatic carbocycles. The smallest absolute Gasteiger partial charge is 0.0701 e. The molecule has 0 spiro atoms. The van der Waals surface area contributed by atoms with Crippen LogP contribution < -0.4 is 5.73 Å². The molecule has 0 radical (unpaired) electrons. The van der Waals surface area contributed by atoms with Gasteiger partial charge in [0.25, 0.3) is 0 Å². The van der Waals surface area contributed by atoms with Gasteiger partial charge in [0.2, 0.25) is 0 Å². The van der Waals surface area contributed by atoms with Crippen molar-refractivity contribution in [3.8, 4) is 0 Å². The van der Waals surface area contributed by atoms with Gasteiger partial charge in [0.1, 0.15) is 0 Å². The number of thiophene rings is 1. The lowest BCUT2D eigenvalue weighted by molar-refractivity contribution is 0.0579. The summed E-state index contributed by atoms with van der Waals surface area (Å²) < 4.78 is 5.49. The number of hydrogen-bond acceptors (Lipinski definition) is 3.